The fourth-order valence-corrected chi connectivity index (χ4v) is 1.49. The zero-order valence-electron chi connectivity index (χ0n) is 8.92. The predicted molar refractivity (Wildman–Crippen MR) is 60.5 cm³/mol. The third-order valence-corrected chi connectivity index (χ3v) is 2.45. The van der Waals surface area contributed by atoms with Gasteiger partial charge in [-0.25, -0.2) is 4.98 Å². The first-order valence-corrected chi connectivity index (χ1v) is 5.54. The van der Waals surface area contributed by atoms with Gasteiger partial charge in [0.05, 0.1) is 0 Å². The molecule has 0 aromatic carbocycles. The van der Waals surface area contributed by atoms with Gasteiger partial charge in [-0.15, -0.1) is 0 Å². The molecule has 1 heterocycles. The van der Waals surface area contributed by atoms with Crippen molar-refractivity contribution in [2.45, 2.75) is 26.1 Å². The first-order chi connectivity index (χ1) is 7.29. The molecule has 1 rings (SSSR count). The maximum atomic E-state index is 12.4. The number of alkyl halides is 3. The van der Waals surface area contributed by atoms with E-state index in [1.165, 1.54) is 11.1 Å². The van der Waals surface area contributed by atoms with E-state index in [2.05, 4.69) is 20.9 Å². The van der Waals surface area contributed by atoms with Crippen LogP contribution in [-0.2, 0) is 0 Å². The van der Waals surface area contributed by atoms with Crippen molar-refractivity contribution in [2.75, 3.05) is 11.4 Å². The van der Waals surface area contributed by atoms with Gasteiger partial charge in [0.15, 0.2) is 0 Å². The van der Waals surface area contributed by atoms with Crippen LogP contribution >= 0.6 is 15.9 Å². The lowest BCUT2D eigenvalue weighted by molar-refractivity contribution is -0.120. The number of nitrogens with zero attached hydrogens (tertiary/aromatic N) is 2. The number of rotatable bonds is 3. The van der Waals surface area contributed by atoms with Crippen LogP contribution in [0.2, 0.25) is 0 Å². The SMILES string of the molecule is CC(C)N(CC(F)(F)F)c1ccc(Br)cn1. The summed E-state index contributed by atoms with van der Waals surface area (Å²) in [5.74, 6) is 0.329. The standard InChI is InChI=1S/C10H12BrF3N2/c1-7(2)16(6-10(12,13)14)9-4-3-8(11)5-15-9/h3-5,7H,6H2,1-2H3. The highest BCUT2D eigenvalue weighted by molar-refractivity contribution is 9.10. The number of pyridine rings is 1. The van der Waals surface area contributed by atoms with Crippen LogP contribution in [0.5, 0.6) is 0 Å². The highest BCUT2D eigenvalue weighted by Gasteiger charge is 2.32. The Morgan fingerprint density at radius 3 is 2.38 bits per heavy atom. The van der Waals surface area contributed by atoms with Gasteiger partial charge >= 0.3 is 6.18 Å². The Bertz CT molecular complexity index is 335. The van der Waals surface area contributed by atoms with Crippen molar-refractivity contribution in [2.24, 2.45) is 0 Å². The van der Waals surface area contributed by atoms with Crippen LogP contribution in [0.3, 0.4) is 0 Å². The van der Waals surface area contributed by atoms with E-state index in [1.807, 2.05) is 0 Å². The quantitative estimate of drug-likeness (QED) is 0.847. The van der Waals surface area contributed by atoms with Crippen LogP contribution in [0.1, 0.15) is 13.8 Å². The monoisotopic (exact) mass is 296 g/mol. The van der Waals surface area contributed by atoms with E-state index >= 15 is 0 Å². The minimum atomic E-state index is -4.22. The van der Waals surface area contributed by atoms with Gasteiger partial charge in [0.2, 0.25) is 0 Å². The Morgan fingerprint density at radius 2 is 2.00 bits per heavy atom. The molecule has 0 aliphatic heterocycles. The molecule has 0 fully saturated rings. The topological polar surface area (TPSA) is 16.1 Å². The zero-order chi connectivity index (χ0) is 12.3. The van der Waals surface area contributed by atoms with E-state index < -0.39 is 12.7 Å². The summed E-state index contributed by atoms with van der Waals surface area (Å²) in [6.07, 6.45) is -2.74. The summed E-state index contributed by atoms with van der Waals surface area (Å²) in [4.78, 5) is 5.18. The Morgan fingerprint density at radius 1 is 1.38 bits per heavy atom. The molecule has 2 nitrogen and oxygen atoms in total. The Balaban J connectivity index is 2.90. The number of anilines is 1. The number of hydrogen-bond acceptors (Lipinski definition) is 2. The fourth-order valence-electron chi connectivity index (χ4n) is 1.26. The van der Waals surface area contributed by atoms with Gasteiger partial charge in [-0.2, -0.15) is 13.2 Å². The third kappa shape index (κ3) is 4.00. The molecular weight excluding hydrogens is 285 g/mol. The van der Waals surface area contributed by atoms with Crippen molar-refractivity contribution in [1.82, 2.24) is 4.98 Å². The first kappa shape index (κ1) is 13.3. The third-order valence-electron chi connectivity index (χ3n) is 1.98. The molecule has 16 heavy (non-hydrogen) atoms. The number of aromatic nitrogens is 1. The Hall–Kier alpha value is -0.780. The van der Waals surface area contributed by atoms with Gasteiger partial charge in [-0.3, -0.25) is 0 Å². The van der Waals surface area contributed by atoms with Gasteiger partial charge in [0.1, 0.15) is 12.4 Å². The molecule has 0 saturated heterocycles. The van der Waals surface area contributed by atoms with Crippen molar-refractivity contribution < 1.29 is 13.2 Å². The molecule has 0 aliphatic carbocycles. The van der Waals surface area contributed by atoms with E-state index in [4.69, 9.17) is 0 Å². The van der Waals surface area contributed by atoms with Gasteiger partial charge in [-0.05, 0) is 41.9 Å². The molecule has 0 bridgehead atoms. The highest BCUT2D eigenvalue weighted by atomic mass is 79.9. The van der Waals surface area contributed by atoms with Crippen LogP contribution in [0.15, 0.2) is 22.8 Å². The summed E-state index contributed by atoms with van der Waals surface area (Å²) >= 11 is 3.19. The largest absolute Gasteiger partial charge is 0.405 e. The molecule has 0 atom stereocenters. The molecule has 0 spiro atoms. The second-order valence-corrected chi connectivity index (χ2v) is 4.59. The van der Waals surface area contributed by atoms with Gasteiger partial charge < -0.3 is 4.90 Å². The minimum Gasteiger partial charge on any atom is -0.345 e. The molecular formula is C10H12BrF3N2. The van der Waals surface area contributed by atoms with E-state index in [-0.39, 0.29) is 6.04 Å². The average Bonchev–Trinajstić information content (AvgIpc) is 2.14. The summed E-state index contributed by atoms with van der Waals surface area (Å²) in [6, 6.07) is 2.99. The van der Waals surface area contributed by atoms with E-state index in [0.717, 1.165) is 4.47 Å². The molecule has 90 valence electrons. The number of halogens is 4. The highest BCUT2D eigenvalue weighted by Crippen LogP contribution is 2.23. The molecule has 0 unspecified atom stereocenters. The Labute approximate surface area is 101 Å². The second-order valence-electron chi connectivity index (χ2n) is 3.67. The van der Waals surface area contributed by atoms with Crippen molar-refractivity contribution in [3.05, 3.63) is 22.8 Å². The van der Waals surface area contributed by atoms with Crippen LogP contribution in [-0.4, -0.2) is 23.7 Å². The van der Waals surface area contributed by atoms with Crippen molar-refractivity contribution in [1.29, 1.82) is 0 Å². The maximum Gasteiger partial charge on any atom is 0.405 e. The summed E-state index contributed by atoms with van der Waals surface area (Å²) in [6.45, 7) is 2.42. The molecule has 1 aromatic heterocycles. The lowest BCUT2D eigenvalue weighted by Crippen LogP contribution is -2.39. The molecule has 0 radical (unpaired) electrons. The van der Waals surface area contributed by atoms with E-state index in [1.54, 1.807) is 26.0 Å². The van der Waals surface area contributed by atoms with Gasteiger partial charge in [0.25, 0.3) is 0 Å². The van der Waals surface area contributed by atoms with E-state index in [9.17, 15) is 13.2 Å². The summed E-state index contributed by atoms with van der Waals surface area (Å²) < 4.78 is 37.8. The molecule has 0 saturated carbocycles. The van der Waals surface area contributed by atoms with Crippen LogP contribution in [0, 0.1) is 0 Å². The lowest BCUT2D eigenvalue weighted by Gasteiger charge is -2.28. The van der Waals surface area contributed by atoms with Crippen LogP contribution < -0.4 is 4.90 Å². The minimum absolute atomic E-state index is 0.254. The second kappa shape index (κ2) is 5.03. The average molecular weight is 297 g/mol. The van der Waals surface area contributed by atoms with Gasteiger partial charge in [-0.1, -0.05) is 0 Å². The lowest BCUT2D eigenvalue weighted by atomic mass is 10.3. The smallest absolute Gasteiger partial charge is 0.345 e. The molecule has 6 heteroatoms. The zero-order valence-corrected chi connectivity index (χ0v) is 10.5. The summed E-state index contributed by atoms with van der Waals surface area (Å²) in [7, 11) is 0. The number of hydrogen-bond donors (Lipinski definition) is 0. The predicted octanol–water partition coefficient (Wildman–Crippen LogP) is 3.62. The summed E-state index contributed by atoms with van der Waals surface area (Å²) in [5, 5.41) is 0. The Kier molecular flexibility index (Phi) is 4.18. The van der Waals surface area contributed by atoms with E-state index in [0.29, 0.717) is 5.82 Å². The summed E-state index contributed by atoms with van der Waals surface area (Å²) in [5.41, 5.74) is 0. The molecule has 0 N–H and O–H groups in total. The normalized spacial score (nSPS) is 11.9. The van der Waals surface area contributed by atoms with Crippen molar-refractivity contribution in [3.8, 4) is 0 Å². The fraction of sp³-hybridized carbons (Fsp3) is 0.500. The molecule has 0 amide bonds. The maximum absolute atomic E-state index is 12.4. The van der Waals surface area contributed by atoms with Crippen LogP contribution in [0.4, 0.5) is 19.0 Å². The van der Waals surface area contributed by atoms with Crippen molar-refractivity contribution in [3.63, 3.8) is 0 Å². The van der Waals surface area contributed by atoms with Crippen LogP contribution in [0.25, 0.3) is 0 Å². The van der Waals surface area contributed by atoms with Gasteiger partial charge in [0, 0.05) is 16.7 Å². The molecule has 0 aliphatic rings. The van der Waals surface area contributed by atoms with Crippen molar-refractivity contribution >= 4 is 21.7 Å². The first-order valence-electron chi connectivity index (χ1n) is 4.74. The molecule has 1 aromatic rings.